The van der Waals surface area contributed by atoms with Crippen LogP contribution in [0, 0.1) is 6.92 Å². The first-order chi connectivity index (χ1) is 20.4. The lowest BCUT2D eigenvalue weighted by atomic mass is 10.0. The van der Waals surface area contributed by atoms with Crippen LogP contribution in [0.2, 0.25) is 0 Å². The first kappa shape index (κ1) is 30.3. The van der Waals surface area contributed by atoms with E-state index in [0.717, 1.165) is 35.3 Å². The van der Waals surface area contributed by atoms with E-state index in [1.54, 1.807) is 37.6 Å². The van der Waals surface area contributed by atoms with Crippen molar-refractivity contribution >= 4 is 33.0 Å². The minimum atomic E-state index is -4.68. The molecule has 1 aromatic carbocycles. The monoisotopic (exact) mass is 612 g/mol. The molecule has 5 rings (SSSR count). The molecule has 14 heteroatoms. The molecule has 0 amide bonds. The second-order valence-corrected chi connectivity index (χ2v) is 12.2. The summed E-state index contributed by atoms with van der Waals surface area (Å²) in [7, 11) is -2.11. The molecule has 0 bridgehead atoms. The Hall–Kier alpha value is -4.14. The van der Waals surface area contributed by atoms with Gasteiger partial charge in [-0.3, -0.25) is 14.9 Å². The van der Waals surface area contributed by atoms with Gasteiger partial charge >= 0.3 is 6.18 Å². The first-order valence-electron chi connectivity index (χ1n) is 13.5. The van der Waals surface area contributed by atoms with Gasteiger partial charge in [0.2, 0.25) is 16.0 Å². The fraction of sp³-hybridized carbons (Fsp3) is 0.310. The van der Waals surface area contributed by atoms with Gasteiger partial charge in [0.05, 0.1) is 46.5 Å². The Kier molecular flexibility index (Phi) is 8.62. The van der Waals surface area contributed by atoms with E-state index >= 15 is 0 Å². The molecule has 4 heterocycles. The van der Waals surface area contributed by atoms with Crippen LogP contribution in [0.25, 0.3) is 11.3 Å². The lowest BCUT2D eigenvalue weighted by Gasteiger charge is -2.33. The number of pyridine rings is 2. The fourth-order valence-corrected chi connectivity index (χ4v) is 5.82. The third-order valence-electron chi connectivity index (χ3n) is 7.12. The maximum Gasteiger partial charge on any atom is 0.416 e. The van der Waals surface area contributed by atoms with Gasteiger partial charge in [-0.25, -0.2) is 22.7 Å². The van der Waals surface area contributed by atoms with Crippen LogP contribution >= 0.6 is 0 Å². The summed E-state index contributed by atoms with van der Waals surface area (Å²) in [5.74, 6) is 0.224. The highest BCUT2D eigenvalue weighted by molar-refractivity contribution is 7.92. The van der Waals surface area contributed by atoms with Crippen LogP contribution in [-0.2, 0) is 22.7 Å². The number of alkyl halides is 3. The SMILES string of the molecule is Cc1ncc(N(c2ccc(CN3CCN(C)CC3)c(C(F)(F)F)c2)S(C)(=O)=O)cc1Nc1nccc(-c2cccnc2)n1. The minimum absolute atomic E-state index is 0.0546. The molecule has 0 spiro atoms. The largest absolute Gasteiger partial charge is 0.416 e. The zero-order valence-corrected chi connectivity index (χ0v) is 24.7. The zero-order chi connectivity index (χ0) is 30.8. The van der Waals surface area contributed by atoms with E-state index in [1.165, 1.54) is 24.4 Å². The number of benzene rings is 1. The van der Waals surface area contributed by atoms with E-state index in [2.05, 4.69) is 30.2 Å². The van der Waals surface area contributed by atoms with Crippen molar-refractivity contribution in [2.75, 3.05) is 49.1 Å². The van der Waals surface area contributed by atoms with Gasteiger partial charge in [-0.1, -0.05) is 6.07 Å². The lowest BCUT2D eigenvalue weighted by molar-refractivity contribution is -0.138. The topological polar surface area (TPSA) is 107 Å². The van der Waals surface area contributed by atoms with Crippen LogP contribution in [0.1, 0.15) is 16.8 Å². The van der Waals surface area contributed by atoms with Gasteiger partial charge in [0.1, 0.15) is 0 Å². The summed E-state index contributed by atoms with van der Waals surface area (Å²) in [6.07, 6.45) is 2.43. The summed E-state index contributed by atoms with van der Waals surface area (Å²) in [5.41, 5.74) is 1.39. The number of nitrogens with one attached hydrogen (secondary N) is 1. The van der Waals surface area contributed by atoms with Crippen LogP contribution in [0.4, 0.5) is 36.2 Å². The molecule has 43 heavy (non-hydrogen) atoms. The van der Waals surface area contributed by atoms with Crippen molar-refractivity contribution in [3.63, 3.8) is 0 Å². The number of piperazine rings is 1. The molecule has 1 N–H and O–H groups in total. The van der Waals surface area contributed by atoms with Crippen LogP contribution < -0.4 is 9.62 Å². The summed E-state index contributed by atoms with van der Waals surface area (Å²) in [6.45, 7) is 4.63. The highest BCUT2D eigenvalue weighted by atomic mass is 32.2. The van der Waals surface area contributed by atoms with Crippen molar-refractivity contribution in [3.8, 4) is 11.3 Å². The molecule has 10 nitrogen and oxygen atoms in total. The molecule has 0 unspecified atom stereocenters. The quantitative estimate of drug-likeness (QED) is 0.299. The minimum Gasteiger partial charge on any atom is -0.322 e. The van der Waals surface area contributed by atoms with E-state index in [4.69, 9.17) is 0 Å². The molecule has 0 atom stereocenters. The molecule has 4 aromatic rings. The number of anilines is 4. The summed E-state index contributed by atoms with van der Waals surface area (Å²) in [5, 5.41) is 3.06. The van der Waals surface area contributed by atoms with Gasteiger partial charge in [0, 0.05) is 56.9 Å². The summed E-state index contributed by atoms with van der Waals surface area (Å²) < 4.78 is 69.8. The zero-order valence-electron chi connectivity index (χ0n) is 23.9. The number of halogens is 3. The van der Waals surface area contributed by atoms with Gasteiger partial charge in [-0.2, -0.15) is 13.2 Å². The highest BCUT2D eigenvalue weighted by Crippen LogP contribution is 2.38. The van der Waals surface area contributed by atoms with Crippen LogP contribution in [0.5, 0.6) is 0 Å². The Morgan fingerprint density at radius 2 is 1.74 bits per heavy atom. The first-order valence-corrected chi connectivity index (χ1v) is 15.3. The fourth-order valence-electron chi connectivity index (χ4n) is 4.85. The number of aryl methyl sites for hydroxylation is 1. The van der Waals surface area contributed by atoms with Gasteiger partial charge in [-0.05, 0) is 55.9 Å². The average molecular weight is 613 g/mol. The molecule has 1 aliphatic rings. The predicted octanol–water partition coefficient (Wildman–Crippen LogP) is 4.85. The maximum atomic E-state index is 14.3. The van der Waals surface area contributed by atoms with Crippen molar-refractivity contribution in [3.05, 3.63) is 84.1 Å². The lowest BCUT2D eigenvalue weighted by Crippen LogP contribution is -2.44. The van der Waals surface area contributed by atoms with Crippen LogP contribution in [0.15, 0.2) is 67.3 Å². The Morgan fingerprint density at radius 1 is 0.977 bits per heavy atom. The average Bonchev–Trinajstić information content (AvgIpc) is 2.96. The molecule has 0 saturated carbocycles. The van der Waals surface area contributed by atoms with Gasteiger partial charge in [-0.15, -0.1) is 0 Å². The number of likely N-dealkylation sites (N-methyl/N-ethyl adjacent to an activating group) is 1. The Labute approximate surface area is 248 Å². The molecule has 1 aliphatic heterocycles. The smallest absolute Gasteiger partial charge is 0.322 e. The second-order valence-electron chi connectivity index (χ2n) is 10.4. The van der Waals surface area contributed by atoms with Crippen LogP contribution in [0.3, 0.4) is 0 Å². The van der Waals surface area contributed by atoms with Crippen molar-refractivity contribution in [2.45, 2.75) is 19.6 Å². The van der Waals surface area contributed by atoms with E-state index < -0.39 is 21.8 Å². The highest BCUT2D eigenvalue weighted by Gasteiger charge is 2.35. The van der Waals surface area contributed by atoms with Crippen molar-refractivity contribution in [1.82, 2.24) is 29.7 Å². The molecule has 3 aromatic heterocycles. The summed E-state index contributed by atoms with van der Waals surface area (Å²) >= 11 is 0. The van der Waals surface area contributed by atoms with Gasteiger partial charge < -0.3 is 10.2 Å². The molecule has 0 aliphatic carbocycles. The normalized spacial score (nSPS) is 14.9. The van der Waals surface area contributed by atoms with Crippen LogP contribution in [-0.4, -0.2) is 77.6 Å². The summed E-state index contributed by atoms with van der Waals surface area (Å²) in [4.78, 5) is 21.3. The molecular weight excluding hydrogens is 581 g/mol. The molecular formula is C29H31F3N8O2S. The van der Waals surface area contributed by atoms with Crippen molar-refractivity contribution < 1.29 is 21.6 Å². The Morgan fingerprint density at radius 3 is 2.42 bits per heavy atom. The number of sulfonamides is 1. The summed E-state index contributed by atoms with van der Waals surface area (Å²) in [6, 6.07) is 10.5. The second kappa shape index (κ2) is 12.2. The number of aromatic nitrogens is 4. The van der Waals surface area contributed by atoms with Crippen molar-refractivity contribution in [1.29, 1.82) is 0 Å². The number of hydrogen-bond donors (Lipinski definition) is 1. The number of hydrogen-bond acceptors (Lipinski definition) is 9. The standard InChI is InChI=1S/C29H31F3N8O2S/c1-20-27(37-28-34-10-8-26(36-28)21-5-4-9-33-17-21)16-24(18-35-20)40(43(3,41)42)23-7-6-22(25(15-23)29(30,31)32)19-39-13-11-38(2)12-14-39/h4-10,15-18H,11-14,19H2,1-3H3,(H,34,36,37). The maximum absolute atomic E-state index is 14.3. The van der Waals surface area contributed by atoms with Crippen molar-refractivity contribution in [2.24, 2.45) is 0 Å². The predicted molar refractivity (Wildman–Crippen MR) is 159 cm³/mol. The van der Waals surface area contributed by atoms with E-state index in [0.29, 0.717) is 30.2 Å². The third kappa shape index (κ3) is 7.27. The van der Waals surface area contributed by atoms with E-state index in [-0.39, 0.29) is 29.4 Å². The molecule has 0 radical (unpaired) electrons. The van der Waals surface area contributed by atoms with E-state index in [9.17, 15) is 21.6 Å². The molecule has 1 saturated heterocycles. The molecule has 226 valence electrons. The third-order valence-corrected chi connectivity index (χ3v) is 8.21. The Bertz CT molecular complexity index is 1700. The number of nitrogens with zero attached hydrogens (tertiary/aromatic N) is 7. The van der Waals surface area contributed by atoms with Gasteiger partial charge in [0.15, 0.2) is 0 Å². The van der Waals surface area contributed by atoms with Gasteiger partial charge in [0.25, 0.3) is 0 Å². The Balaban J connectivity index is 1.49. The number of rotatable bonds is 8. The van der Waals surface area contributed by atoms with E-state index in [1.807, 2.05) is 18.0 Å². The molecule has 1 fully saturated rings.